The number of ketones is 2. The fraction of sp³-hybridized carbons (Fsp3) is 0.615. The van der Waals surface area contributed by atoms with Gasteiger partial charge in [-0.2, -0.15) is 0 Å². The Kier molecular flexibility index (Phi) is 8.24. The van der Waals surface area contributed by atoms with Gasteiger partial charge in [0.15, 0.2) is 0 Å². The number of aliphatic carboxylic acids is 1. The standard InChI is InChI=1S/C8H16N2.C5H6O4/c1-3-4-5-10-7-6-9(2)8-10;1-3(6)2-4(7)5(8)9/h6-7H,3-5,8H2,1-2H3;2H2,1H3,(H,8,9). The van der Waals surface area contributed by atoms with E-state index in [1.54, 1.807) is 0 Å². The lowest BCUT2D eigenvalue weighted by Gasteiger charge is -2.17. The second kappa shape index (κ2) is 9.13. The number of nitrogens with zero attached hydrogens (tertiary/aromatic N) is 2. The van der Waals surface area contributed by atoms with Crippen molar-refractivity contribution in [2.75, 3.05) is 20.3 Å². The normalized spacial score (nSPS) is 13.0. The van der Waals surface area contributed by atoms with Crippen LogP contribution in [0.3, 0.4) is 0 Å². The highest BCUT2D eigenvalue weighted by Gasteiger charge is 2.12. The first-order chi connectivity index (χ1) is 8.86. The summed E-state index contributed by atoms with van der Waals surface area (Å²) in [6, 6.07) is 0. The van der Waals surface area contributed by atoms with Crippen molar-refractivity contribution < 1.29 is 19.5 Å². The van der Waals surface area contributed by atoms with Crippen LogP contribution in [0, 0.1) is 0 Å². The highest BCUT2D eigenvalue weighted by atomic mass is 16.4. The van der Waals surface area contributed by atoms with Crippen molar-refractivity contribution >= 4 is 17.5 Å². The maximum atomic E-state index is 10.1. The fourth-order valence-corrected chi connectivity index (χ4v) is 1.40. The summed E-state index contributed by atoms with van der Waals surface area (Å²) in [6.45, 7) is 5.67. The number of unbranched alkanes of at least 4 members (excludes halogenated alkanes) is 1. The Morgan fingerprint density at radius 3 is 2.21 bits per heavy atom. The zero-order valence-electron chi connectivity index (χ0n) is 11.8. The number of hydrogen-bond donors (Lipinski definition) is 1. The van der Waals surface area contributed by atoms with Gasteiger partial charge < -0.3 is 14.9 Å². The quantitative estimate of drug-likeness (QED) is 0.575. The summed E-state index contributed by atoms with van der Waals surface area (Å²) in [5, 5.41) is 7.93. The van der Waals surface area contributed by atoms with Crippen molar-refractivity contribution in [3.05, 3.63) is 12.4 Å². The molecule has 1 N–H and O–H groups in total. The second-order valence-corrected chi connectivity index (χ2v) is 4.47. The molecule has 0 saturated carbocycles. The Labute approximate surface area is 113 Å². The minimum Gasteiger partial charge on any atom is -0.475 e. The largest absolute Gasteiger partial charge is 0.475 e. The molecule has 1 heterocycles. The summed E-state index contributed by atoms with van der Waals surface area (Å²) in [5.74, 6) is -3.03. The van der Waals surface area contributed by atoms with E-state index in [9.17, 15) is 14.4 Å². The maximum Gasteiger partial charge on any atom is 0.372 e. The van der Waals surface area contributed by atoms with Gasteiger partial charge in [0, 0.05) is 26.0 Å². The van der Waals surface area contributed by atoms with E-state index < -0.39 is 24.0 Å². The summed E-state index contributed by atoms with van der Waals surface area (Å²) < 4.78 is 0. The zero-order chi connectivity index (χ0) is 14.8. The van der Waals surface area contributed by atoms with Crippen LogP contribution >= 0.6 is 0 Å². The van der Waals surface area contributed by atoms with Crippen molar-refractivity contribution in [3.63, 3.8) is 0 Å². The minimum atomic E-state index is -1.55. The zero-order valence-corrected chi connectivity index (χ0v) is 11.8. The number of carbonyl (C=O) groups excluding carboxylic acids is 2. The summed E-state index contributed by atoms with van der Waals surface area (Å²) in [4.78, 5) is 34.5. The van der Waals surface area contributed by atoms with E-state index >= 15 is 0 Å². The molecule has 0 aliphatic carbocycles. The molecule has 0 fully saturated rings. The summed E-state index contributed by atoms with van der Waals surface area (Å²) in [7, 11) is 2.10. The van der Waals surface area contributed by atoms with Crippen LogP contribution in [0.15, 0.2) is 12.4 Å². The third kappa shape index (κ3) is 8.82. The van der Waals surface area contributed by atoms with Crippen molar-refractivity contribution in [2.24, 2.45) is 0 Å². The van der Waals surface area contributed by atoms with Gasteiger partial charge in [-0.15, -0.1) is 0 Å². The van der Waals surface area contributed by atoms with E-state index in [4.69, 9.17) is 5.11 Å². The molecular formula is C13H22N2O4. The van der Waals surface area contributed by atoms with E-state index in [1.807, 2.05) is 0 Å². The highest BCUT2D eigenvalue weighted by molar-refractivity contribution is 6.36. The van der Waals surface area contributed by atoms with E-state index in [0.29, 0.717) is 0 Å². The van der Waals surface area contributed by atoms with Crippen molar-refractivity contribution in [2.45, 2.75) is 33.1 Å². The van der Waals surface area contributed by atoms with Crippen LogP contribution in [0.25, 0.3) is 0 Å². The van der Waals surface area contributed by atoms with Crippen LogP contribution in [0.1, 0.15) is 33.1 Å². The number of hydrogen-bond acceptors (Lipinski definition) is 5. The summed E-state index contributed by atoms with van der Waals surface area (Å²) in [5.41, 5.74) is 0. The number of carboxylic acid groups (broad SMARTS) is 1. The lowest BCUT2D eigenvalue weighted by molar-refractivity contribution is -0.150. The number of rotatable bonds is 6. The molecule has 0 bridgehead atoms. The molecular weight excluding hydrogens is 248 g/mol. The molecule has 0 unspecified atom stereocenters. The molecule has 1 aliphatic rings. The van der Waals surface area contributed by atoms with Crippen LogP contribution in [-0.4, -0.2) is 52.7 Å². The number of carbonyl (C=O) groups is 3. The Bertz CT molecular complexity index is 353. The highest BCUT2D eigenvalue weighted by Crippen LogP contribution is 2.04. The van der Waals surface area contributed by atoms with E-state index in [2.05, 4.69) is 36.2 Å². The van der Waals surface area contributed by atoms with Gasteiger partial charge in [-0.05, 0) is 13.3 Å². The lowest BCUT2D eigenvalue weighted by atomic mass is 10.2. The van der Waals surface area contributed by atoms with Crippen molar-refractivity contribution in [3.8, 4) is 0 Å². The van der Waals surface area contributed by atoms with Crippen LogP contribution in [0.4, 0.5) is 0 Å². The maximum absolute atomic E-state index is 10.1. The molecule has 6 heteroatoms. The van der Waals surface area contributed by atoms with Gasteiger partial charge in [-0.25, -0.2) is 4.79 Å². The first-order valence-corrected chi connectivity index (χ1v) is 6.25. The second-order valence-electron chi connectivity index (χ2n) is 4.47. The Morgan fingerprint density at radius 2 is 1.89 bits per heavy atom. The summed E-state index contributed by atoms with van der Waals surface area (Å²) in [6.07, 6.45) is 6.37. The molecule has 1 aliphatic heterocycles. The minimum absolute atomic E-state index is 0.428. The molecule has 19 heavy (non-hydrogen) atoms. The molecule has 0 spiro atoms. The van der Waals surface area contributed by atoms with Gasteiger partial charge in [0.25, 0.3) is 0 Å². The van der Waals surface area contributed by atoms with Gasteiger partial charge in [-0.3, -0.25) is 9.59 Å². The third-order valence-electron chi connectivity index (χ3n) is 2.38. The predicted octanol–water partition coefficient (Wildman–Crippen LogP) is 1.08. The lowest BCUT2D eigenvalue weighted by Crippen LogP contribution is -2.23. The molecule has 0 aromatic rings. The smallest absolute Gasteiger partial charge is 0.372 e. The molecule has 0 aromatic heterocycles. The number of carboxylic acids is 1. The van der Waals surface area contributed by atoms with Crippen molar-refractivity contribution in [1.29, 1.82) is 0 Å². The molecule has 0 amide bonds. The van der Waals surface area contributed by atoms with Crippen molar-refractivity contribution in [1.82, 2.24) is 9.80 Å². The number of Topliss-reactive ketones (excluding diaryl/α,β-unsaturated/α-hetero) is 2. The van der Waals surface area contributed by atoms with Gasteiger partial charge in [0.1, 0.15) is 5.78 Å². The topological polar surface area (TPSA) is 77.9 Å². The first-order valence-electron chi connectivity index (χ1n) is 6.25. The van der Waals surface area contributed by atoms with Gasteiger partial charge in [0.05, 0.1) is 13.1 Å². The fourth-order valence-electron chi connectivity index (χ4n) is 1.40. The van der Waals surface area contributed by atoms with E-state index in [1.165, 1.54) is 26.3 Å². The van der Waals surface area contributed by atoms with Crippen LogP contribution in [0.5, 0.6) is 0 Å². The monoisotopic (exact) mass is 270 g/mol. The van der Waals surface area contributed by atoms with Gasteiger partial charge in [0.2, 0.25) is 5.78 Å². The molecule has 1 rings (SSSR count). The molecule has 6 nitrogen and oxygen atoms in total. The first kappa shape index (κ1) is 17.2. The van der Waals surface area contributed by atoms with Gasteiger partial charge in [-0.1, -0.05) is 13.3 Å². The van der Waals surface area contributed by atoms with Crippen LogP contribution < -0.4 is 0 Å². The summed E-state index contributed by atoms with van der Waals surface area (Å²) >= 11 is 0. The Morgan fingerprint density at radius 1 is 1.26 bits per heavy atom. The average molecular weight is 270 g/mol. The SMILES string of the molecule is CC(=O)CC(=O)C(=O)O.CCCCN1C=CN(C)C1. The average Bonchev–Trinajstić information content (AvgIpc) is 2.72. The molecule has 0 atom stereocenters. The van der Waals surface area contributed by atoms with Crippen LogP contribution in [0.2, 0.25) is 0 Å². The molecule has 0 saturated heterocycles. The van der Waals surface area contributed by atoms with E-state index in [-0.39, 0.29) is 0 Å². The molecule has 0 radical (unpaired) electrons. The Hall–Kier alpha value is -1.85. The molecule has 0 aromatic carbocycles. The third-order valence-corrected chi connectivity index (χ3v) is 2.38. The predicted molar refractivity (Wildman–Crippen MR) is 71.3 cm³/mol. The van der Waals surface area contributed by atoms with Gasteiger partial charge >= 0.3 is 5.97 Å². The van der Waals surface area contributed by atoms with E-state index in [0.717, 1.165) is 6.67 Å². The van der Waals surface area contributed by atoms with Crippen LogP contribution in [-0.2, 0) is 14.4 Å². The molecule has 108 valence electrons. The Balaban J connectivity index is 0.000000344.